The molecule has 2 amide bonds. The number of alkyl carbamates (subject to hydrolysis) is 1. The van der Waals surface area contributed by atoms with E-state index in [0.29, 0.717) is 37.3 Å². The molecule has 1 saturated heterocycles. The SMILES string of the molecule is CC(C)(C)OC(=O)N[C@@H](Cc1cccs1)C(=O)N[C@H]1CCN(c2nc3ccccc3cc2C#N)C1. The number of nitriles is 1. The van der Waals surface area contributed by atoms with E-state index in [4.69, 9.17) is 9.72 Å². The molecule has 3 aromatic rings. The van der Waals surface area contributed by atoms with Gasteiger partial charge in [-0.15, -0.1) is 11.3 Å². The largest absolute Gasteiger partial charge is 0.444 e. The zero-order valence-corrected chi connectivity index (χ0v) is 20.9. The molecule has 3 heterocycles. The molecular weight excluding hydrogens is 462 g/mol. The molecule has 182 valence electrons. The molecule has 1 aromatic carbocycles. The molecule has 0 spiro atoms. The highest BCUT2D eigenvalue weighted by atomic mass is 32.1. The number of para-hydroxylation sites is 1. The number of pyridine rings is 1. The van der Waals surface area contributed by atoms with E-state index in [2.05, 4.69) is 16.7 Å². The Kier molecular flexibility index (Phi) is 7.22. The first kappa shape index (κ1) is 24.5. The third kappa shape index (κ3) is 6.28. The van der Waals surface area contributed by atoms with Crippen molar-refractivity contribution in [2.75, 3.05) is 18.0 Å². The van der Waals surface area contributed by atoms with E-state index in [1.165, 1.54) is 11.3 Å². The van der Waals surface area contributed by atoms with E-state index in [-0.39, 0.29) is 11.9 Å². The van der Waals surface area contributed by atoms with E-state index in [1.54, 1.807) is 20.8 Å². The predicted octanol–water partition coefficient (Wildman–Crippen LogP) is 4.00. The number of benzene rings is 1. The number of rotatable bonds is 6. The Morgan fingerprint density at radius 1 is 1.29 bits per heavy atom. The second-order valence-corrected chi connectivity index (χ2v) is 10.6. The second kappa shape index (κ2) is 10.3. The molecule has 8 nitrogen and oxygen atoms in total. The van der Waals surface area contributed by atoms with Crippen LogP contribution in [-0.4, -0.2) is 47.8 Å². The van der Waals surface area contributed by atoms with Crippen LogP contribution >= 0.6 is 11.3 Å². The van der Waals surface area contributed by atoms with Crippen LogP contribution in [0.1, 0.15) is 37.6 Å². The van der Waals surface area contributed by atoms with Crippen molar-refractivity contribution < 1.29 is 14.3 Å². The lowest BCUT2D eigenvalue weighted by Crippen LogP contribution is -2.52. The number of ether oxygens (including phenoxy) is 1. The highest BCUT2D eigenvalue weighted by molar-refractivity contribution is 7.09. The van der Waals surface area contributed by atoms with Gasteiger partial charge in [0, 0.05) is 35.8 Å². The lowest BCUT2D eigenvalue weighted by Gasteiger charge is -2.24. The molecule has 0 bridgehead atoms. The Balaban J connectivity index is 1.45. The Labute approximate surface area is 208 Å². The predicted molar refractivity (Wildman–Crippen MR) is 136 cm³/mol. The lowest BCUT2D eigenvalue weighted by molar-refractivity contribution is -0.123. The molecule has 1 aliphatic rings. The summed E-state index contributed by atoms with van der Waals surface area (Å²) in [5, 5.41) is 18.3. The monoisotopic (exact) mass is 491 g/mol. The van der Waals surface area contributed by atoms with Gasteiger partial charge in [-0.1, -0.05) is 24.3 Å². The zero-order valence-electron chi connectivity index (χ0n) is 20.1. The van der Waals surface area contributed by atoms with Crippen molar-refractivity contribution >= 4 is 40.1 Å². The van der Waals surface area contributed by atoms with Crippen LogP contribution in [0.5, 0.6) is 0 Å². The van der Waals surface area contributed by atoms with Gasteiger partial charge in [0.1, 0.15) is 23.5 Å². The van der Waals surface area contributed by atoms with E-state index in [0.717, 1.165) is 15.8 Å². The number of aromatic nitrogens is 1. The van der Waals surface area contributed by atoms with Gasteiger partial charge in [0.25, 0.3) is 0 Å². The fraction of sp³-hybridized carbons (Fsp3) is 0.385. The molecule has 2 N–H and O–H groups in total. The first-order valence-electron chi connectivity index (χ1n) is 11.6. The van der Waals surface area contributed by atoms with Crippen molar-refractivity contribution in [3.8, 4) is 6.07 Å². The van der Waals surface area contributed by atoms with Crippen LogP contribution in [-0.2, 0) is 16.0 Å². The highest BCUT2D eigenvalue weighted by Crippen LogP contribution is 2.26. The number of hydrogen-bond acceptors (Lipinski definition) is 7. The van der Waals surface area contributed by atoms with Gasteiger partial charge < -0.3 is 20.3 Å². The van der Waals surface area contributed by atoms with Crippen molar-refractivity contribution in [3.05, 3.63) is 58.3 Å². The fourth-order valence-electron chi connectivity index (χ4n) is 4.09. The topological polar surface area (TPSA) is 107 Å². The van der Waals surface area contributed by atoms with Crippen molar-refractivity contribution in [2.24, 2.45) is 0 Å². The molecule has 2 aromatic heterocycles. The number of carbonyl (C=O) groups excluding carboxylic acids is 2. The lowest BCUT2D eigenvalue weighted by atomic mass is 10.1. The maximum Gasteiger partial charge on any atom is 0.408 e. The van der Waals surface area contributed by atoms with Crippen molar-refractivity contribution in [1.82, 2.24) is 15.6 Å². The normalized spacial score (nSPS) is 16.5. The first-order valence-corrected chi connectivity index (χ1v) is 12.5. The molecular formula is C26H29N5O3S. The van der Waals surface area contributed by atoms with Gasteiger partial charge in [0.2, 0.25) is 5.91 Å². The Bertz CT molecular complexity index is 1250. The quantitative estimate of drug-likeness (QED) is 0.540. The number of amides is 2. The Hall–Kier alpha value is -3.64. The van der Waals surface area contributed by atoms with Gasteiger partial charge >= 0.3 is 6.09 Å². The standard InChI is InChI=1S/C26H29N5O3S/c1-26(2,3)34-25(33)30-22(14-20-8-6-12-35-20)24(32)28-19-10-11-31(16-19)23-18(15-27)13-17-7-4-5-9-21(17)29-23/h4-9,12-13,19,22H,10-11,14,16H2,1-3H3,(H,28,32)(H,30,33)/t19-,22-/m0/s1. The minimum absolute atomic E-state index is 0.131. The summed E-state index contributed by atoms with van der Waals surface area (Å²) in [6.45, 7) is 6.54. The zero-order chi connectivity index (χ0) is 25.0. The average molecular weight is 492 g/mol. The van der Waals surface area contributed by atoms with E-state index in [9.17, 15) is 14.9 Å². The number of fused-ring (bicyclic) bond motifs is 1. The van der Waals surface area contributed by atoms with Crippen molar-refractivity contribution in [1.29, 1.82) is 5.26 Å². The molecule has 0 unspecified atom stereocenters. The summed E-state index contributed by atoms with van der Waals surface area (Å²) in [4.78, 5) is 33.3. The third-order valence-electron chi connectivity index (χ3n) is 5.65. The molecule has 1 fully saturated rings. The van der Waals surface area contributed by atoms with Crippen LogP contribution in [0.4, 0.5) is 10.6 Å². The van der Waals surface area contributed by atoms with Crippen LogP contribution in [0.3, 0.4) is 0 Å². The van der Waals surface area contributed by atoms with Crippen LogP contribution in [0, 0.1) is 11.3 Å². The van der Waals surface area contributed by atoms with Crippen LogP contribution in [0.2, 0.25) is 0 Å². The maximum absolute atomic E-state index is 13.2. The van der Waals surface area contributed by atoms with Gasteiger partial charge in [-0.05, 0) is 50.8 Å². The third-order valence-corrected chi connectivity index (χ3v) is 6.55. The van der Waals surface area contributed by atoms with Crippen molar-refractivity contribution in [2.45, 2.75) is 51.3 Å². The van der Waals surface area contributed by atoms with E-state index in [1.807, 2.05) is 52.7 Å². The molecule has 1 aliphatic heterocycles. The van der Waals surface area contributed by atoms with Gasteiger partial charge in [0.15, 0.2) is 0 Å². The minimum atomic E-state index is -0.758. The van der Waals surface area contributed by atoms with E-state index < -0.39 is 17.7 Å². The summed E-state index contributed by atoms with van der Waals surface area (Å²) >= 11 is 1.54. The molecule has 35 heavy (non-hydrogen) atoms. The second-order valence-electron chi connectivity index (χ2n) is 9.59. The van der Waals surface area contributed by atoms with Crippen LogP contribution in [0.25, 0.3) is 10.9 Å². The molecule has 9 heteroatoms. The Morgan fingerprint density at radius 3 is 2.80 bits per heavy atom. The summed E-state index contributed by atoms with van der Waals surface area (Å²) in [6.07, 6.45) is 0.467. The van der Waals surface area contributed by atoms with Gasteiger partial charge in [-0.3, -0.25) is 4.79 Å². The summed E-state index contributed by atoms with van der Waals surface area (Å²) in [5.41, 5.74) is 0.676. The highest BCUT2D eigenvalue weighted by Gasteiger charge is 2.31. The minimum Gasteiger partial charge on any atom is -0.444 e. The molecule has 4 rings (SSSR count). The molecule has 0 radical (unpaired) electrons. The number of anilines is 1. The number of nitrogens with zero attached hydrogens (tertiary/aromatic N) is 3. The molecule has 0 aliphatic carbocycles. The molecule has 2 atom stereocenters. The summed E-state index contributed by atoms with van der Waals surface area (Å²) in [5.74, 6) is 0.369. The summed E-state index contributed by atoms with van der Waals surface area (Å²) in [7, 11) is 0. The van der Waals surface area contributed by atoms with Crippen molar-refractivity contribution in [3.63, 3.8) is 0 Å². The number of nitrogens with one attached hydrogen (secondary N) is 2. The van der Waals surface area contributed by atoms with Gasteiger partial charge in [-0.25, -0.2) is 9.78 Å². The smallest absolute Gasteiger partial charge is 0.408 e. The number of hydrogen-bond donors (Lipinski definition) is 2. The fourth-order valence-corrected chi connectivity index (χ4v) is 4.84. The van der Waals surface area contributed by atoms with Crippen LogP contribution < -0.4 is 15.5 Å². The maximum atomic E-state index is 13.2. The van der Waals surface area contributed by atoms with E-state index >= 15 is 0 Å². The van der Waals surface area contributed by atoms with Gasteiger partial charge in [0.05, 0.1) is 11.1 Å². The van der Waals surface area contributed by atoms with Gasteiger partial charge in [-0.2, -0.15) is 5.26 Å². The Morgan fingerprint density at radius 2 is 2.09 bits per heavy atom. The number of thiophene rings is 1. The first-order chi connectivity index (χ1) is 16.7. The summed E-state index contributed by atoms with van der Waals surface area (Å²) in [6, 6.07) is 14.8. The average Bonchev–Trinajstić information content (AvgIpc) is 3.48. The summed E-state index contributed by atoms with van der Waals surface area (Å²) < 4.78 is 5.37. The van der Waals surface area contributed by atoms with Crippen LogP contribution in [0.15, 0.2) is 47.8 Å². The number of carbonyl (C=O) groups is 2. The molecule has 0 saturated carbocycles.